The Hall–Kier alpha value is -3.78. The minimum atomic E-state index is -0.0132. The molecule has 2 aromatic heterocycles. The van der Waals surface area contributed by atoms with E-state index in [0.717, 1.165) is 47.2 Å². The molecule has 1 saturated heterocycles. The maximum absolute atomic E-state index is 13.6. The summed E-state index contributed by atoms with van der Waals surface area (Å²) in [5.74, 6) is 1.49. The molecular weight excluding hydrogens is 448 g/mol. The number of hydrogen-bond acceptors (Lipinski definition) is 6. The van der Waals surface area contributed by atoms with Crippen molar-refractivity contribution in [2.24, 2.45) is 0 Å². The molecule has 0 unspecified atom stereocenters. The van der Waals surface area contributed by atoms with E-state index in [9.17, 15) is 4.79 Å². The Morgan fingerprint density at radius 2 is 1.59 bits per heavy atom. The van der Waals surface area contributed by atoms with Crippen LogP contribution in [0.1, 0.15) is 10.5 Å². The smallest absolute Gasteiger partial charge is 0.272 e. The predicted molar refractivity (Wildman–Crippen MR) is 135 cm³/mol. The van der Waals surface area contributed by atoms with Crippen molar-refractivity contribution in [2.45, 2.75) is 0 Å². The number of ether oxygens (including phenoxy) is 2. The number of para-hydroxylation sites is 1. The largest absolute Gasteiger partial charge is 0.497 e. The van der Waals surface area contributed by atoms with Gasteiger partial charge in [0.1, 0.15) is 17.2 Å². The van der Waals surface area contributed by atoms with Gasteiger partial charge in [-0.25, -0.2) is 4.68 Å². The van der Waals surface area contributed by atoms with Crippen LogP contribution in [-0.2, 0) is 0 Å². The lowest BCUT2D eigenvalue weighted by molar-refractivity contribution is 0.0737. The number of anilines is 1. The molecule has 0 atom stereocenters. The molecule has 1 fully saturated rings. The molecule has 0 N–H and O–H groups in total. The van der Waals surface area contributed by atoms with Gasteiger partial charge in [0, 0.05) is 61.0 Å². The number of amides is 1. The maximum atomic E-state index is 13.6. The average Bonchev–Trinajstić information content (AvgIpc) is 3.59. The first kappa shape index (κ1) is 22.0. The van der Waals surface area contributed by atoms with Crippen LogP contribution >= 0.6 is 11.3 Å². The van der Waals surface area contributed by atoms with Crippen molar-refractivity contribution in [1.82, 2.24) is 14.7 Å². The number of carbonyl (C=O) groups is 1. The molecule has 34 heavy (non-hydrogen) atoms. The van der Waals surface area contributed by atoms with Crippen LogP contribution in [-0.4, -0.2) is 61.0 Å². The van der Waals surface area contributed by atoms with Gasteiger partial charge in [-0.3, -0.25) is 4.79 Å². The first-order valence-corrected chi connectivity index (χ1v) is 12.1. The van der Waals surface area contributed by atoms with Gasteiger partial charge in [0.15, 0.2) is 0 Å². The quantitative estimate of drug-likeness (QED) is 0.409. The highest BCUT2D eigenvalue weighted by Gasteiger charge is 2.27. The molecular formula is C26H26N4O3S. The summed E-state index contributed by atoms with van der Waals surface area (Å²) in [7, 11) is 3.30. The van der Waals surface area contributed by atoms with Crippen LogP contribution in [0.15, 0.2) is 71.4 Å². The summed E-state index contributed by atoms with van der Waals surface area (Å²) in [4.78, 5) is 17.8. The minimum absolute atomic E-state index is 0.0132. The first-order chi connectivity index (χ1) is 16.7. The zero-order valence-corrected chi connectivity index (χ0v) is 20.0. The normalized spacial score (nSPS) is 13.7. The van der Waals surface area contributed by atoms with E-state index in [1.807, 2.05) is 76.3 Å². The fourth-order valence-electron chi connectivity index (χ4n) is 4.16. The molecule has 174 valence electrons. The second kappa shape index (κ2) is 9.61. The van der Waals surface area contributed by atoms with E-state index in [0.29, 0.717) is 18.8 Å². The summed E-state index contributed by atoms with van der Waals surface area (Å²) in [5.41, 5.74) is 4.29. The van der Waals surface area contributed by atoms with E-state index in [4.69, 9.17) is 14.6 Å². The molecule has 0 saturated carbocycles. The highest BCUT2D eigenvalue weighted by atomic mass is 32.1. The molecule has 1 aliphatic heterocycles. The fourth-order valence-corrected chi connectivity index (χ4v) is 4.81. The van der Waals surface area contributed by atoms with Crippen LogP contribution in [0, 0.1) is 0 Å². The molecule has 1 aliphatic rings. The van der Waals surface area contributed by atoms with E-state index < -0.39 is 0 Å². The van der Waals surface area contributed by atoms with Gasteiger partial charge in [0.25, 0.3) is 5.91 Å². The van der Waals surface area contributed by atoms with Gasteiger partial charge < -0.3 is 19.3 Å². The zero-order valence-electron chi connectivity index (χ0n) is 19.2. The van der Waals surface area contributed by atoms with Gasteiger partial charge in [0.2, 0.25) is 0 Å². The number of aromatic nitrogens is 2. The number of carbonyl (C=O) groups excluding carboxylic acids is 1. The highest BCUT2D eigenvalue weighted by Crippen LogP contribution is 2.30. The van der Waals surface area contributed by atoms with Gasteiger partial charge >= 0.3 is 0 Å². The topological polar surface area (TPSA) is 59.8 Å². The second-order valence-electron chi connectivity index (χ2n) is 8.02. The SMILES string of the molecule is COc1cc(OC)cc(N2CCN(C(=O)c3cc(-c4ccsc4)nn3-c3ccccc3)CC2)c1. The summed E-state index contributed by atoms with van der Waals surface area (Å²) in [6.07, 6.45) is 0. The van der Waals surface area contributed by atoms with E-state index >= 15 is 0 Å². The van der Waals surface area contributed by atoms with E-state index in [-0.39, 0.29) is 5.91 Å². The lowest BCUT2D eigenvalue weighted by Gasteiger charge is -2.36. The molecule has 0 radical (unpaired) electrons. The van der Waals surface area contributed by atoms with Gasteiger partial charge in [-0.2, -0.15) is 16.4 Å². The summed E-state index contributed by atoms with van der Waals surface area (Å²) >= 11 is 1.62. The van der Waals surface area contributed by atoms with E-state index in [1.54, 1.807) is 30.2 Å². The molecule has 3 heterocycles. The Kier molecular flexibility index (Phi) is 6.22. The summed E-state index contributed by atoms with van der Waals surface area (Å²) in [6, 6.07) is 19.6. The number of hydrogen-bond donors (Lipinski definition) is 0. The molecule has 5 rings (SSSR count). The highest BCUT2D eigenvalue weighted by molar-refractivity contribution is 7.08. The number of nitrogens with zero attached hydrogens (tertiary/aromatic N) is 4. The van der Waals surface area contributed by atoms with Crippen LogP contribution in [0.25, 0.3) is 16.9 Å². The predicted octanol–water partition coefficient (Wildman–Crippen LogP) is 4.58. The van der Waals surface area contributed by atoms with Gasteiger partial charge in [0.05, 0.1) is 25.6 Å². The molecule has 1 amide bonds. The fraction of sp³-hybridized carbons (Fsp3) is 0.231. The number of thiophene rings is 1. The van der Waals surface area contributed by atoms with Crippen molar-refractivity contribution < 1.29 is 14.3 Å². The monoisotopic (exact) mass is 474 g/mol. The van der Waals surface area contributed by atoms with Gasteiger partial charge in [-0.1, -0.05) is 18.2 Å². The summed E-state index contributed by atoms with van der Waals surface area (Å²) in [6.45, 7) is 2.68. The molecule has 4 aromatic rings. The van der Waals surface area contributed by atoms with Crippen LogP contribution in [0.2, 0.25) is 0 Å². The lowest BCUT2D eigenvalue weighted by atomic mass is 10.2. The molecule has 8 heteroatoms. The molecule has 0 bridgehead atoms. The third-order valence-electron chi connectivity index (χ3n) is 6.01. The number of benzene rings is 2. The molecule has 0 spiro atoms. The maximum Gasteiger partial charge on any atom is 0.272 e. The number of rotatable bonds is 6. The van der Waals surface area contributed by atoms with Crippen LogP contribution < -0.4 is 14.4 Å². The van der Waals surface area contributed by atoms with E-state index in [2.05, 4.69) is 4.90 Å². The first-order valence-electron chi connectivity index (χ1n) is 11.1. The van der Waals surface area contributed by atoms with Crippen molar-refractivity contribution in [3.63, 3.8) is 0 Å². The molecule has 0 aliphatic carbocycles. The molecule has 2 aromatic carbocycles. The van der Waals surface area contributed by atoms with Crippen molar-refractivity contribution in [2.75, 3.05) is 45.3 Å². The van der Waals surface area contributed by atoms with Crippen LogP contribution in [0.4, 0.5) is 5.69 Å². The standard InChI is InChI=1S/C26H26N4O3S/c1-32-22-14-21(15-23(16-22)33-2)28-9-11-29(12-10-28)26(31)25-17-24(19-8-13-34-18-19)27-30(25)20-6-4-3-5-7-20/h3-8,13-18H,9-12H2,1-2H3. The second-order valence-corrected chi connectivity index (χ2v) is 8.80. The Bertz CT molecular complexity index is 1240. The lowest BCUT2D eigenvalue weighted by Crippen LogP contribution is -2.49. The van der Waals surface area contributed by atoms with Crippen LogP contribution in [0.3, 0.4) is 0 Å². The van der Waals surface area contributed by atoms with Crippen molar-refractivity contribution in [3.8, 4) is 28.4 Å². The van der Waals surface area contributed by atoms with Crippen molar-refractivity contribution in [3.05, 3.63) is 77.1 Å². The third kappa shape index (κ3) is 4.36. The van der Waals surface area contributed by atoms with Crippen molar-refractivity contribution in [1.29, 1.82) is 0 Å². The van der Waals surface area contributed by atoms with Crippen LogP contribution in [0.5, 0.6) is 11.5 Å². The molecule has 7 nitrogen and oxygen atoms in total. The summed E-state index contributed by atoms with van der Waals surface area (Å²) in [5, 5.41) is 8.84. The van der Waals surface area contributed by atoms with Gasteiger partial charge in [-0.15, -0.1) is 0 Å². The Balaban J connectivity index is 1.38. The Labute approximate surface area is 202 Å². The summed E-state index contributed by atoms with van der Waals surface area (Å²) < 4.78 is 12.6. The Morgan fingerprint density at radius 1 is 0.882 bits per heavy atom. The van der Waals surface area contributed by atoms with Gasteiger partial charge in [-0.05, 0) is 29.6 Å². The minimum Gasteiger partial charge on any atom is -0.497 e. The average molecular weight is 475 g/mol. The zero-order chi connectivity index (χ0) is 23.5. The number of piperazine rings is 1. The van der Waals surface area contributed by atoms with Crippen molar-refractivity contribution >= 4 is 22.9 Å². The van der Waals surface area contributed by atoms with E-state index in [1.165, 1.54) is 0 Å². The third-order valence-corrected chi connectivity index (χ3v) is 6.70. The number of methoxy groups -OCH3 is 2. The Morgan fingerprint density at radius 3 is 2.21 bits per heavy atom.